The molecule has 4 nitrogen and oxygen atoms in total. The molecule has 114 valence electrons. The molecule has 21 heavy (non-hydrogen) atoms. The van der Waals surface area contributed by atoms with Crippen molar-refractivity contribution in [2.24, 2.45) is 5.41 Å². The number of carboxylic acid groups (broad SMARTS) is 1. The Balaban J connectivity index is 1.75. The van der Waals surface area contributed by atoms with Crippen LogP contribution < -0.4 is 4.74 Å². The molecule has 1 aromatic carbocycles. The fourth-order valence-corrected chi connectivity index (χ4v) is 3.35. The number of carboxylic acids is 1. The number of hydrogen-bond acceptors (Lipinski definition) is 3. The Morgan fingerprint density at radius 2 is 2.14 bits per heavy atom. The monoisotopic (exact) mass is 354 g/mol. The third kappa shape index (κ3) is 2.57. The molecular weight excluding hydrogens is 336 g/mol. The van der Waals surface area contributed by atoms with E-state index in [4.69, 9.17) is 9.47 Å². The van der Waals surface area contributed by atoms with E-state index in [1.54, 1.807) is 0 Å². The summed E-state index contributed by atoms with van der Waals surface area (Å²) in [5.74, 6) is 0.0279. The van der Waals surface area contributed by atoms with Crippen LogP contribution in [0.2, 0.25) is 0 Å². The predicted octanol–water partition coefficient (Wildman–Crippen LogP) is 3.37. The second-order valence-electron chi connectivity index (χ2n) is 6.48. The van der Waals surface area contributed by atoms with Crippen molar-refractivity contribution in [3.63, 3.8) is 0 Å². The predicted molar refractivity (Wildman–Crippen MR) is 81.7 cm³/mol. The lowest BCUT2D eigenvalue weighted by molar-refractivity contribution is -0.147. The number of hydrogen-bond donors (Lipinski definition) is 1. The van der Waals surface area contributed by atoms with Crippen molar-refractivity contribution in [2.45, 2.75) is 31.6 Å². The molecule has 3 rings (SSSR count). The van der Waals surface area contributed by atoms with Crippen LogP contribution >= 0.6 is 15.9 Å². The maximum atomic E-state index is 11.5. The average Bonchev–Trinajstić information content (AvgIpc) is 2.33. The summed E-state index contributed by atoms with van der Waals surface area (Å²) in [6.07, 6.45) is 2.40. The first-order chi connectivity index (χ1) is 9.95. The molecule has 1 aliphatic heterocycles. The van der Waals surface area contributed by atoms with E-state index in [1.165, 1.54) is 0 Å². The van der Waals surface area contributed by atoms with Gasteiger partial charge in [-0.3, -0.25) is 4.79 Å². The van der Waals surface area contributed by atoms with E-state index in [9.17, 15) is 9.90 Å². The second-order valence-corrected chi connectivity index (χ2v) is 7.33. The lowest BCUT2D eigenvalue weighted by Gasteiger charge is -2.39. The highest BCUT2D eigenvalue weighted by Crippen LogP contribution is 2.45. The van der Waals surface area contributed by atoms with E-state index in [0.29, 0.717) is 19.4 Å². The van der Waals surface area contributed by atoms with Crippen molar-refractivity contribution in [1.82, 2.24) is 0 Å². The van der Waals surface area contributed by atoms with Gasteiger partial charge >= 0.3 is 5.97 Å². The van der Waals surface area contributed by atoms with Crippen LogP contribution in [0, 0.1) is 5.41 Å². The van der Waals surface area contributed by atoms with Crippen LogP contribution in [0.5, 0.6) is 5.75 Å². The van der Waals surface area contributed by atoms with E-state index < -0.39 is 11.4 Å². The molecule has 1 aromatic rings. The molecule has 1 saturated heterocycles. The quantitative estimate of drug-likeness (QED) is 0.880. The minimum absolute atomic E-state index is 0.0916. The molecule has 0 radical (unpaired) electrons. The van der Waals surface area contributed by atoms with Gasteiger partial charge in [-0.15, -0.1) is 0 Å². The van der Waals surface area contributed by atoms with Crippen LogP contribution in [-0.4, -0.2) is 30.9 Å². The SMILES string of the molecule is CC1(COc2ccc(C3(C(=O)O)CCC3)cc2Br)COC1. The zero-order valence-electron chi connectivity index (χ0n) is 12.0. The lowest BCUT2D eigenvalue weighted by Crippen LogP contribution is -2.44. The topological polar surface area (TPSA) is 55.8 Å². The molecule has 5 heteroatoms. The number of ether oxygens (including phenoxy) is 2. The Bertz CT molecular complexity index is 561. The summed E-state index contributed by atoms with van der Waals surface area (Å²) in [6.45, 7) is 4.19. The standard InChI is InChI=1S/C16H19BrO4/c1-15(8-20-9-15)10-21-13-4-3-11(7-12(13)17)16(14(18)19)5-2-6-16/h3-4,7H,2,5-6,8-10H2,1H3,(H,18,19). The fraction of sp³-hybridized carbons (Fsp3) is 0.562. The minimum Gasteiger partial charge on any atom is -0.492 e. The molecule has 0 unspecified atom stereocenters. The third-order valence-electron chi connectivity index (χ3n) is 4.58. The normalized spacial score (nSPS) is 22.0. The van der Waals surface area contributed by atoms with Gasteiger partial charge in [0.25, 0.3) is 0 Å². The number of benzene rings is 1. The average molecular weight is 355 g/mol. The maximum absolute atomic E-state index is 11.5. The van der Waals surface area contributed by atoms with E-state index in [2.05, 4.69) is 22.9 Å². The summed E-state index contributed by atoms with van der Waals surface area (Å²) in [5, 5.41) is 9.49. The van der Waals surface area contributed by atoms with Crippen LogP contribution in [0.4, 0.5) is 0 Å². The van der Waals surface area contributed by atoms with Gasteiger partial charge in [-0.05, 0) is 46.5 Å². The van der Waals surface area contributed by atoms with Crippen LogP contribution in [-0.2, 0) is 14.9 Å². The van der Waals surface area contributed by atoms with Gasteiger partial charge in [-0.2, -0.15) is 0 Å². The van der Waals surface area contributed by atoms with Crippen molar-refractivity contribution in [1.29, 1.82) is 0 Å². The number of aliphatic carboxylic acids is 1. The first-order valence-corrected chi connectivity index (χ1v) is 7.99. The number of rotatable bonds is 5. The van der Waals surface area contributed by atoms with Crippen molar-refractivity contribution < 1.29 is 19.4 Å². The first kappa shape index (κ1) is 14.9. The minimum atomic E-state index is -0.728. The summed E-state index contributed by atoms with van der Waals surface area (Å²) in [4.78, 5) is 11.5. The van der Waals surface area contributed by atoms with Crippen LogP contribution in [0.1, 0.15) is 31.7 Å². The summed E-state index contributed by atoms with van der Waals surface area (Å²) in [5.41, 5.74) is 0.252. The Labute approximate surface area is 132 Å². The largest absolute Gasteiger partial charge is 0.492 e. The van der Waals surface area contributed by atoms with E-state index in [-0.39, 0.29) is 5.41 Å². The molecule has 0 amide bonds. The lowest BCUT2D eigenvalue weighted by atomic mass is 9.64. The third-order valence-corrected chi connectivity index (χ3v) is 5.20. The fourth-order valence-electron chi connectivity index (χ4n) is 2.86. The van der Waals surface area contributed by atoms with Gasteiger partial charge in [-0.25, -0.2) is 0 Å². The second kappa shape index (κ2) is 5.29. The number of halogens is 1. The highest BCUT2D eigenvalue weighted by atomic mass is 79.9. The zero-order chi connectivity index (χ0) is 15.1. The Kier molecular flexibility index (Phi) is 3.74. The number of carbonyl (C=O) groups is 1. The highest BCUT2D eigenvalue weighted by molar-refractivity contribution is 9.10. The molecule has 2 aliphatic rings. The maximum Gasteiger partial charge on any atom is 0.314 e. The molecule has 0 aromatic heterocycles. The Morgan fingerprint density at radius 3 is 2.57 bits per heavy atom. The molecule has 1 aliphatic carbocycles. The molecular formula is C16H19BrO4. The van der Waals surface area contributed by atoms with Gasteiger partial charge in [0.2, 0.25) is 0 Å². The van der Waals surface area contributed by atoms with E-state index in [1.807, 2.05) is 18.2 Å². The Hall–Kier alpha value is -1.07. The Morgan fingerprint density at radius 1 is 1.43 bits per heavy atom. The summed E-state index contributed by atoms with van der Waals surface area (Å²) in [6, 6.07) is 5.64. The van der Waals surface area contributed by atoms with Gasteiger partial charge < -0.3 is 14.6 Å². The van der Waals surface area contributed by atoms with Gasteiger partial charge in [0.1, 0.15) is 5.75 Å². The zero-order valence-corrected chi connectivity index (χ0v) is 13.6. The van der Waals surface area contributed by atoms with Gasteiger partial charge in [0, 0.05) is 5.41 Å². The summed E-state index contributed by atoms with van der Waals surface area (Å²) < 4.78 is 11.9. The van der Waals surface area contributed by atoms with Gasteiger partial charge in [0.05, 0.1) is 29.7 Å². The molecule has 1 saturated carbocycles. The van der Waals surface area contributed by atoms with Crippen molar-refractivity contribution >= 4 is 21.9 Å². The highest BCUT2D eigenvalue weighted by Gasteiger charge is 2.46. The molecule has 0 atom stereocenters. The van der Waals surface area contributed by atoms with E-state index in [0.717, 1.165) is 35.4 Å². The smallest absolute Gasteiger partial charge is 0.314 e. The molecule has 0 spiro atoms. The van der Waals surface area contributed by atoms with E-state index >= 15 is 0 Å². The van der Waals surface area contributed by atoms with Crippen LogP contribution in [0.25, 0.3) is 0 Å². The van der Waals surface area contributed by atoms with Crippen LogP contribution in [0.15, 0.2) is 22.7 Å². The van der Waals surface area contributed by atoms with Crippen molar-refractivity contribution in [3.8, 4) is 5.75 Å². The first-order valence-electron chi connectivity index (χ1n) is 7.19. The van der Waals surface area contributed by atoms with Crippen LogP contribution in [0.3, 0.4) is 0 Å². The molecule has 1 N–H and O–H groups in total. The summed E-state index contributed by atoms with van der Waals surface area (Å²) >= 11 is 3.50. The van der Waals surface area contributed by atoms with Gasteiger partial charge in [0.15, 0.2) is 0 Å². The molecule has 1 heterocycles. The molecule has 2 fully saturated rings. The summed E-state index contributed by atoms with van der Waals surface area (Å²) in [7, 11) is 0. The molecule has 0 bridgehead atoms. The van der Waals surface area contributed by atoms with Gasteiger partial charge in [-0.1, -0.05) is 19.4 Å². The van der Waals surface area contributed by atoms with Crippen molar-refractivity contribution in [3.05, 3.63) is 28.2 Å². The van der Waals surface area contributed by atoms with Crippen molar-refractivity contribution in [2.75, 3.05) is 19.8 Å².